The maximum absolute atomic E-state index is 13.2. The van der Waals surface area contributed by atoms with Crippen LogP contribution in [0.15, 0.2) is 55.2 Å². The molecule has 3 heterocycles. The zero-order valence-corrected chi connectivity index (χ0v) is 14.9. The highest BCUT2D eigenvalue weighted by Crippen LogP contribution is 2.31. The summed E-state index contributed by atoms with van der Waals surface area (Å²) in [6.07, 6.45) is 10.0. The number of piperidine rings is 1. The van der Waals surface area contributed by atoms with Gasteiger partial charge in [-0.2, -0.15) is 0 Å². The first-order chi connectivity index (χ1) is 13.3. The van der Waals surface area contributed by atoms with E-state index in [4.69, 9.17) is 4.98 Å². The summed E-state index contributed by atoms with van der Waals surface area (Å²) in [6, 6.07) is 8.93. The van der Waals surface area contributed by atoms with Crippen LogP contribution in [-0.2, 0) is 6.54 Å². The zero-order chi connectivity index (χ0) is 18.5. The molecule has 1 N–H and O–H groups in total. The molecule has 138 valence electrons. The first kappa shape index (κ1) is 17.5. The fraction of sp³-hybridized carbons (Fsp3) is 0.300. The maximum atomic E-state index is 13.2. The average molecular weight is 364 g/mol. The van der Waals surface area contributed by atoms with E-state index in [1.54, 1.807) is 18.6 Å². The molecule has 1 aromatic carbocycles. The Bertz CT molecular complexity index is 871. The van der Waals surface area contributed by atoms with Crippen LogP contribution >= 0.6 is 0 Å². The van der Waals surface area contributed by atoms with Crippen LogP contribution in [0.5, 0.6) is 0 Å². The van der Waals surface area contributed by atoms with Crippen LogP contribution in [0.2, 0.25) is 0 Å². The number of hydrogen-bond donors (Lipinski definition) is 1. The lowest BCUT2D eigenvalue weighted by molar-refractivity contribution is 0.137. The topological polar surface area (TPSA) is 66.8 Å². The van der Waals surface area contributed by atoms with Crippen molar-refractivity contribution >= 4 is 11.6 Å². The Morgan fingerprint density at radius 3 is 2.70 bits per heavy atom. The molecule has 7 heteroatoms. The number of likely N-dealkylation sites (tertiary alicyclic amines) is 1. The fourth-order valence-corrected chi connectivity index (χ4v) is 3.45. The number of anilines is 2. The number of nitrogens with one attached hydrogen (secondary N) is 1. The molecule has 0 saturated carbocycles. The molecule has 0 spiro atoms. The zero-order valence-electron chi connectivity index (χ0n) is 14.9. The van der Waals surface area contributed by atoms with Crippen LogP contribution in [0.3, 0.4) is 0 Å². The van der Waals surface area contributed by atoms with E-state index < -0.39 is 0 Å². The molecule has 1 aliphatic heterocycles. The number of nitrogens with zero attached hydrogens (tertiary/aromatic N) is 5. The molecule has 2 aromatic heterocycles. The molecule has 0 amide bonds. The second-order valence-corrected chi connectivity index (χ2v) is 6.67. The van der Waals surface area contributed by atoms with Crippen molar-refractivity contribution in [1.29, 1.82) is 0 Å². The summed E-state index contributed by atoms with van der Waals surface area (Å²) in [5.41, 5.74) is 2.85. The Labute approximate surface area is 157 Å². The summed E-state index contributed by atoms with van der Waals surface area (Å²) in [6.45, 7) is 1.78. The summed E-state index contributed by atoms with van der Waals surface area (Å²) in [4.78, 5) is 19.4. The largest absolute Gasteiger partial charge is 0.322 e. The van der Waals surface area contributed by atoms with E-state index in [0.29, 0.717) is 5.95 Å². The Kier molecular flexibility index (Phi) is 5.29. The molecular weight excluding hydrogens is 343 g/mol. The molecule has 27 heavy (non-hydrogen) atoms. The molecule has 1 atom stereocenters. The van der Waals surface area contributed by atoms with Crippen molar-refractivity contribution in [3.05, 3.63) is 72.3 Å². The second kappa shape index (κ2) is 8.18. The summed E-state index contributed by atoms with van der Waals surface area (Å²) >= 11 is 0. The van der Waals surface area contributed by atoms with Gasteiger partial charge in [-0.3, -0.25) is 4.90 Å². The Morgan fingerprint density at radius 2 is 1.89 bits per heavy atom. The van der Waals surface area contributed by atoms with E-state index in [0.717, 1.165) is 42.9 Å². The molecule has 1 aliphatic rings. The minimum atomic E-state index is -0.203. The monoisotopic (exact) mass is 364 g/mol. The summed E-state index contributed by atoms with van der Waals surface area (Å²) < 4.78 is 13.2. The van der Waals surface area contributed by atoms with E-state index in [-0.39, 0.29) is 11.9 Å². The lowest BCUT2D eigenvalue weighted by Gasteiger charge is -2.35. The van der Waals surface area contributed by atoms with E-state index in [9.17, 15) is 4.39 Å². The van der Waals surface area contributed by atoms with Crippen molar-refractivity contribution in [1.82, 2.24) is 24.8 Å². The van der Waals surface area contributed by atoms with Gasteiger partial charge in [0.2, 0.25) is 5.95 Å². The maximum Gasteiger partial charge on any atom is 0.227 e. The van der Waals surface area contributed by atoms with Gasteiger partial charge in [0.05, 0.1) is 29.8 Å². The molecule has 0 radical (unpaired) electrons. The molecular formula is C20H21FN6. The van der Waals surface area contributed by atoms with Gasteiger partial charge in [-0.05, 0) is 43.1 Å². The summed E-state index contributed by atoms with van der Waals surface area (Å²) in [7, 11) is 0. The summed E-state index contributed by atoms with van der Waals surface area (Å²) in [5.74, 6) is 0.333. The van der Waals surface area contributed by atoms with Gasteiger partial charge >= 0.3 is 0 Å². The molecule has 1 fully saturated rings. The minimum Gasteiger partial charge on any atom is -0.322 e. The highest BCUT2D eigenvalue weighted by Gasteiger charge is 2.25. The predicted molar refractivity (Wildman–Crippen MR) is 101 cm³/mol. The average Bonchev–Trinajstić information content (AvgIpc) is 2.71. The van der Waals surface area contributed by atoms with Crippen LogP contribution in [0, 0.1) is 5.82 Å². The van der Waals surface area contributed by atoms with Crippen LogP contribution in [0.25, 0.3) is 0 Å². The fourth-order valence-electron chi connectivity index (χ4n) is 3.45. The van der Waals surface area contributed by atoms with Gasteiger partial charge in [0.15, 0.2) is 0 Å². The molecule has 4 rings (SSSR count). The van der Waals surface area contributed by atoms with Crippen molar-refractivity contribution < 1.29 is 4.39 Å². The smallest absolute Gasteiger partial charge is 0.227 e. The first-order valence-corrected chi connectivity index (χ1v) is 9.11. The molecule has 3 aromatic rings. The predicted octanol–water partition coefficient (Wildman–Crippen LogP) is 3.88. The number of benzene rings is 1. The van der Waals surface area contributed by atoms with Crippen molar-refractivity contribution in [2.75, 3.05) is 11.9 Å². The molecule has 1 unspecified atom stereocenters. The number of rotatable bonds is 5. The molecule has 1 saturated heterocycles. The Hall–Kier alpha value is -2.93. The second-order valence-electron chi connectivity index (χ2n) is 6.67. The van der Waals surface area contributed by atoms with E-state index in [1.807, 2.05) is 18.2 Å². The third-order valence-corrected chi connectivity index (χ3v) is 4.75. The van der Waals surface area contributed by atoms with Crippen LogP contribution in [0.4, 0.5) is 16.0 Å². The van der Waals surface area contributed by atoms with E-state index in [1.165, 1.54) is 24.9 Å². The highest BCUT2D eigenvalue weighted by atomic mass is 19.1. The van der Waals surface area contributed by atoms with Gasteiger partial charge in [-0.1, -0.05) is 18.6 Å². The lowest BCUT2D eigenvalue weighted by atomic mass is 9.98. The van der Waals surface area contributed by atoms with Crippen LogP contribution in [0.1, 0.15) is 36.6 Å². The van der Waals surface area contributed by atoms with Crippen molar-refractivity contribution in [2.24, 2.45) is 0 Å². The third-order valence-electron chi connectivity index (χ3n) is 4.75. The van der Waals surface area contributed by atoms with Crippen molar-refractivity contribution in [3.63, 3.8) is 0 Å². The van der Waals surface area contributed by atoms with Crippen LogP contribution < -0.4 is 5.32 Å². The van der Waals surface area contributed by atoms with Gasteiger partial charge in [0, 0.05) is 12.7 Å². The Morgan fingerprint density at radius 1 is 1.07 bits per heavy atom. The third kappa shape index (κ3) is 4.43. The van der Waals surface area contributed by atoms with E-state index in [2.05, 4.69) is 25.2 Å². The normalized spacial score (nSPS) is 17.6. The first-order valence-electron chi connectivity index (χ1n) is 9.11. The SMILES string of the molecule is Fc1ccc(CN2CCCCC2c2ccnc(Nc3cncnc3)n2)cc1. The quantitative estimate of drug-likeness (QED) is 0.741. The van der Waals surface area contributed by atoms with Crippen LogP contribution in [-0.4, -0.2) is 31.4 Å². The van der Waals surface area contributed by atoms with Crippen molar-refractivity contribution in [3.8, 4) is 0 Å². The van der Waals surface area contributed by atoms with Gasteiger partial charge in [-0.15, -0.1) is 0 Å². The van der Waals surface area contributed by atoms with Crippen molar-refractivity contribution in [2.45, 2.75) is 31.8 Å². The molecule has 0 bridgehead atoms. The van der Waals surface area contributed by atoms with Gasteiger partial charge in [0.1, 0.15) is 12.1 Å². The van der Waals surface area contributed by atoms with Gasteiger partial charge < -0.3 is 5.32 Å². The minimum absolute atomic E-state index is 0.203. The molecule has 0 aliphatic carbocycles. The number of halogens is 1. The summed E-state index contributed by atoms with van der Waals surface area (Å²) in [5, 5.41) is 3.15. The number of hydrogen-bond acceptors (Lipinski definition) is 6. The molecule has 6 nitrogen and oxygen atoms in total. The highest BCUT2D eigenvalue weighted by molar-refractivity contribution is 5.49. The van der Waals surface area contributed by atoms with Gasteiger partial charge in [0.25, 0.3) is 0 Å². The lowest BCUT2D eigenvalue weighted by Crippen LogP contribution is -2.33. The van der Waals surface area contributed by atoms with E-state index >= 15 is 0 Å². The number of aromatic nitrogens is 4. The van der Waals surface area contributed by atoms with Gasteiger partial charge in [-0.25, -0.2) is 24.3 Å². The standard InChI is InChI=1S/C20H21FN6/c21-16-6-4-15(5-7-16)13-27-10-2-1-3-19(27)18-8-9-24-20(26-18)25-17-11-22-14-23-12-17/h4-9,11-12,14,19H,1-3,10,13H2,(H,24,25,26). The Balaban J connectivity index is 1.52.